The molecule has 0 aliphatic carbocycles. The Morgan fingerprint density at radius 2 is 1.69 bits per heavy atom. The quantitative estimate of drug-likeness (QED) is 0.160. The molecule has 0 N–H and O–H groups in total. The molecule has 0 bridgehead atoms. The zero-order chi connectivity index (χ0) is 22.2. The number of carbonyl (C=O) groups is 1. The molecule has 4 aromatic rings. The highest BCUT2D eigenvalue weighted by molar-refractivity contribution is 5.89. The van der Waals surface area contributed by atoms with Crippen LogP contribution >= 0.6 is 0 Å². The van der Waals surface area contributed by atoms with E-state index in [9.17, 15) is 4.79 Å². The van der Waals surface area contributed by atoms with Crippen molar-refractivity contribution in [3.63, 3.8) is 0 Å². The van der Waals surface area contributed by atoms with E-state index in [0.717, 1.165) is 16.8 Å². The van der Waals surface area contributed by atoms with Gasteiger partial charge in [-0.05, 0) is 53.6 Å². The van der Waals surface area contributed by atoms with Crippen LogP contribution in [-0.4, -0.2) is 19.3 Å². The summed E-state index contributed by atoms with van der Waals surface area (Å²) in [6, 6.07) is 28.5. The average Bonchev–Trinajstić information content (AvgIpc) is 3.39. The lowest BCUT2D eigenvalue weighted by Crippen LogP contribution is -2.16. The number of furan rings is 1. The Balaban J connectivity index is 1.55. The van der Waals surface area contributed by atoms with Gasteiger partial charge in [0.05, 0.1) is 31.8 Å². The van der Waals surface area contributed by atoms with Gasteiger partial charge >= 0.3 is 5.97 Å². The highest BCUT2D eigenvalue weighted by atomic mass is 16.6. The summed E-state index contributed by atoms with van der Waals surface area (Å²) in [7, 11) is 1.52. The minimum Gasteiger partial charge on any atom is -0.493 e. The molecule has 0 spiro atoms. The number of benzene rings is 3. The first kappa shape index (κ1) is 20.9. The molecule has 0 saturated carbocycles. The van der Waals surface area contributed by atoms with E-state index in [1.54, 1.807) is 30.5 Å². The number of esters is 1. The maximum absolute atomic E-state index is 12.2. The summed E-state index contributed by atoms with van der Waals surface area (Å²) in [4.78, 5) is 12.2. The van der Waals surface area contributed by atoms with Crippen LogP contribution in [0.1, 0.15) is 21.7 Å². The van der Waals surface area contributed by atoms with Gasteiger partial charge in [-0.2, -0.15) is 5.10 Å². The van der Waals surface area contributed by atoms with Crippen LogP contribution in [0.15, 0.2) is 107 Å². The largest absolute Gasteiger partial charge is 0.493 e. The fourth-order valence-electron chi connectivity index (χ4n) is 3.09. The lowest BCUT2D eigenvalue weighted by Gasteiger charge is -2.19. The van der Waals surface area contributed by atoms with Gasteiger partial charge in [-0.1, -0.05) is 48.5 Å². The maximum Gasteiger partial charge on any atom is 0.379 e. The number of anilines is 1. The molecule has 0 saturated heterocycles. The van der Waals surface area contributed by atoms with Crippen LogP contribution in [0.5, 0.6) is 11.5 Å². The number of hydrazone groups is 1. The first-order chi connectivity index (χ1) is 15.7. The number of methoxy groups -OCH3 is 1. The van der Waals surface area contributed by atoms with Crippen LogP contribution in [0.2, 0.25) is 0 Å². The molecule has 3 aromatic carbocycles. The Bertz CT molecular complexity index is 1170. The SMILES string of the molecule is COc1cc(/C=N\N(Cc2ccccc2)c2ccccc2)ccc1OC(=O)c1ccco1. The monoisotopic (exact) mass is 426 g/mol. The van der Waals surface area contributed by atoms with Crippen molar-refractivity contribution in [1.82, 2.24) is 0 Å². The van der Waals surface area contributed by atoms with Crippen molar-refractivity contribution in [3.8, 4) is 11.5 Å². The van der Waals surface area contributed by atoms with E-state index >= 15 is 0 Å². The van der Waals surface area contributed by atoms with Crippen LogP contribution in [0, 0.1) is 0 Å². The van der Waals surface area contributed by atoms with Gasteiger partial charge < -0.3 is 13.9 Å². The summed E-state index contributed by atoms with van der Waals surface area (Å²) in [5, 5.41) is 6.62. The summed E-state index contributed by atoms with van der Waals surface area (Å²) in [6.07, 6.45) is 3.16. The van der Waals surface area contributed by atoms with E-state index < -0.39 is 5.97 Å². The van der Waals surface area contributed by atoms with E-state index in [-0.39, 0.29) is 5.76 Å². The zero-order valence-corrected chi connectivity index (χ0v) is 17.5. The predicted octanol–water partition coefficient (Wildman–Crippen LogP) is 5.55. The maximum atomic E-state index is 12.2. The molecular formula is C26H22N2O4. The van der Waals surface area contributed by atoms with Gasteiger partial charge in [0.15, 0.2) is 11.5 Å². The topological polar surface area (TPSA) is 64.3 Å². The number of carbonyl (C=O) groups excluding carboxylic acids is 1. The Kier molecular flexibility index (Phi) is 6.63. The van der Waals surface area contributed by atoms with Crippen molar-refractivity contribution in [2.75, 3.05) is 12.1 Å². The zero-order valence-electron chi connectivity index (χ0n) is 17.5. The number of nitrogens with zero attached hydrogens (tertiary/aromatic N) is 2. The van der Waals surface area contributed by atoms with Gasteiger partial charge in [0, 0.05) is 0 Å². The van der Waals surface area contributed by atoms with Crippen molar-refractivity contribution in [2.45, 2.75) is 6.54 Å². The predicted molar refractivity (Wildman–Crippen MR) is 123 cm³/mol. The van der Waals surface area contributed by atoms with Crippen LogP contribution in [0.4, 0.5) is 5.69 Å². The summed E-state index contributed by atoms with van der Waals surface area (Å²) < 4.78 is 15.9. The molecular weight excluding hydrogens is 404 g/mol. The van der Waals surface area contributed by atoms with E-state index in [0.29, 0.717) is 18.0 Å². The van der Waals surface area contributed by atoms with Crippen molar-refractivity contribution in [2.24, 2.45) is 5.10 Å². The van der Waals surface area contributed by atoms with Gasteiger partial charge in [-0.25, -0.2) is 4.79 Å². The Morgan fingerprint density at radius 1 is 0.938 bits per heavy atom. The lowest BCUT2D eigenvalue weighted by molar-refractivity contribution is 0.0696. The number of hydrogen-bond donors (Lipinski definition) is 0. The van der Waals surface area contributed by atoms with Gasteiger partial charge in [-0.3, -0.25) is 5.01 Å². The van der Waals surface area contributed by atoms with Crippen LogP contribution < -0.4 is 14.5 Å². The van der Waals surface area contributed by atoms with E-state index in [1.807, 2.05) is 59.6 Å². The second-order valence-electron chi connectivity index (χ2n) is 6.90. The molecule has 0 fully saturated rings. The molecule has 160 valence electrons. The molecule has 0 aliphatic heterocycles. The molecule has 0 atom stereocenters. The van der Waals surface area contributed by atoms with Gasteiger partial charge in [0.25, 0.3) is 0 Å². The Hall–Kier alpha value is -4.32. The Labute approximate surface area is 186 Å². The molecule has 4 rings (SSSR count). The fourth-order valence-corrected chi connectivity index (χ4v) is 3.09. The number of ether oxygens (including phenoxy) is 2. The third-order valence-corrected chi connectivity index (χ3v) is 4.69. The number of para-hydroxylation sites is 1. The minimum atomic E-state index is -0.590. The summed E-state index contributed by atoms with van der Waals surface area (Å²) in [6.45, 7) is 0.622. The van der Waals surface area contributed by atoms with E-state index in [4.69, 9.17) is 19.0 Å². The molecule has 0 unspecified atom stereocenters. The van der Waals surface area contributed by atoms with Crippen LogP contribution in [-0.2, 0) is 6.54 Å². The molecule has 1 aromatic heterocycles. The first-order valence-electron chi connectivity index (χ1n) is 10.1. The molecule has 32 heavy (non-hydrogen) atoms. The molecule has 1 heterocycles. The van der Waals surface area contributed by atoms with Crippen molar-refractivity contribution < 1.29 is 18.7 Å². The molecule has 6 nitrogen and oxygen atoms in total. The van der Waals surface area contributed by atoms with Crippen molar-refractivity contribution in [1.29, 1.82) is 0 Å². The van der Waals surface area contributed by atoms with Crippen LogP contribution in [0.3, 0.4) is 0 Å². The Morgan fingerprint density at radius 3 is 2.38 bits per heavy atom. The van der Waals surface area contributed by atoms with Crippen molar-refractivity contribution >= 4 is 17.9 Å². The summed E-state index contributed by atoms with van der Waals surface area (Å²) in [5.74, 6) is 0.253. The van der Waals surface area contributed by atoms with E-state index in [1.165, 1.54) is 13.4 Å². The van der Waals surface area contributed by atoms with E-state index in [2.05, 4.69) is 12.1 Å². The smallest absolute Gasteiger partial charge is 0.379 e. The second-order valence-corrected chi connectivity index (χ2v) is 6.90. The minimum absolute atomic E-state index is 0.122. The molecule has 0 aliphatic rings. The number of rotatable bonds is 8. The third kappa shape index (κ3) is 5.23. The molecule has 0 radical (unpaired) electrons. The van der Waals surface area contributed by atoms with Crippen molar-refractivity contribution in [3.05, 3.63) is 114 Å². The molecule has 6 heteroatoms. The molecule has 0 amide bonds. The summed E-state index contributed by atoms with van der Waals surface area (Å²) >= 11 is 0. The van der Waals surface area contributed by atoms with Gasteiger partial charge in [0.1, 0.15) is 0 Å². The second kappa shape index (κ2) is 10.1. The third-order valence-electron chi connectivity index (χ3n) is 4.69. The standard InChI is InChI=1S/C26H22N2O4/c1-30-25-17-21(14-15-23(25)32-26(29)24-13-8-16-31-24)18-27-28(22-11-6-3-7-12-22)19-20-9-4-2-5-10-20/h2-18H,19H2,1H3/b27-18-. The normalized spacial score (nSPS) is 10.8. The summed E-state index contributed by atoms with van der Waals surface area (Å²) in [5.41, 5.74) is 2.92. The fraction of sp³-hybridized carbons (Fsp3) is 0.0769. The lowest BCUT2D eigenvalue weighted by atomic mass is 10.2. The highest BCUT2D eigenvalue weighted by Crippen LogP contribution is 2.28. The van der Waals surface area contributed by atoms with Gasteiger partial charge in [0.2, 0.25) is 5.76 Å². The average molecular weight is 426 g/mol. The highest BCUT2D eigenvalue weighted by Gasteiger charge is 2.15. The van der Waals surface area contributed by atoms with Gasteiger partial charge in [-0.15, -0.1) is 0 Å². The first-order valence-corrected chi connectivity index (χ1v) is 10.1. The number of hydrogen-bond acceptors (Lipinski definition) is 6. The van der Waals surface area contributed by atoms with Crippen LogP contribution in [0.25, 0.3) is 0 Å².